The van der Waals surface area contributed by atoms with Crippen molar-refractivity contribution in [3.63, 3.8) is 0 Å². The molecule has 0 spiro atoms. The number of carbonyl (C=O) groups is 2. The monoisotopic (exact) mass is 487 g/mol. The minimum Gasteiger partial charge on any atom is -0.495 e. The van der Waals surface area contributed by atoms with Crippen LogP contribution >= 0.6 is 11.6 Å². The van der Waals surface area contributed by atoms with Crippen molar-refractivity contribution in [2.45, 2.75) is 18.7 Å². The highest BCUT2D eigenvalue weighted by Crippen LogP contribution is 2.29. The van der Waals surface area contributed by atoms with Gasteiger partial charge < -0.3 is 15.4 Å². The number of methoxy groups -OCH3 is 1. The standard InChI is InChI=1S/C23H22ClN3O5S/c1-14-4-7-17(8-5-14)27-33(30,31)22-12-16(6-11-21(22)32-3)23(29)26-20-13-18(25-15(2)28)9-10-19(20)24/h4-13,27H,1-3H3,(H,25,28)(H,26,29). The first kappa shape index (κ1) is 24.1. The van der Waals surface area contributed by atoms with Gasteiger partial charge in [0.15, 0.2) is 0 Å². The maximum atomic E-state index is 13.0. The lowest BCUT2D eigenvalue weighted by Gasteiger charge is -2.14. The van der Waals surface area contributed by atoms with Crippen LogP contribution in [0.25, 0.3) is 0 Å². The maximum absolute atomic E-state index is 13.0. The molecule has 0 aliphatic rings. The number of amides is 2. The molecule has 3 N–H and O–H groups in total. The van der Waals surface area contributed by atoms with Crippen LogP contribution in [0.15, 0.2) is 65.6 Å². The summed E-state index contributed by atoms with van der Waals surface area (Å²) in [5.74, 6) is -0.788. The molecule has 0 atom stereocenters. The molecule has 0 saturated heterocycles. The molecule has 0 aromatic heterocycles. The molecule has 0 radical (unpaired) electrons. The second-order valence-electron chi connectivity index (χ2n) is 7.17. The van der Waals surface area contributed by atoms with E-state index in [1.165, 1.54) is 44.4 Å². The summed E-state index contributed by atoms with van der Waals surface area (Å²) >= 11 is 6.16. The van der Waals surface area contributed by atoms with Crippen molar-refractivity contribution < 1.29 is 22.7 Å². The number of nitrogens with one attached hydrogen (secondary N) is 3. The second-order valence-corrected chi connectivity index (χ2v) is 9.23. The molecule has 172 valence electrons. The molecule has 3 aromatic carbocycles. The molecule has 0 fully saturated rings. The van der Waals surface area contributed by atoms with Gasteiger partial charge in [-0.1, -0.05) is 29.3 Å². The molecule has 8 nitrogen and oxygen atoms in total. The van der Waals surface area contributed by atoms with Gasteiger partial charge in [0.05, 0.1) is 17.8 Å². The smallest absolute Gasteiger partial charge is 0.265 e. The van der Waals surface area contributed by atoms with Gasteiger partial charge in [-0.15, -0.1) is 0 Å². The maximum Gasteiger partial charge on any atom is 0.265 e. The number of anilines is 3. The van der Waals surface area contributed by atoms with E-state index < -0.39 is 15.9 Å². The summed E-state index contributed by atoms with van der Waals surface area (Å²) in [5, 5.41) is 5.49. The van der Waals surface area contributed by atoms with E-state index in [4.69, 9.17) is 16.3 Å². The van der Waals surface area contributed by atoms with E-state index in [-0.39, 0.29) is 32.8 Å². The van der Waals surface area contributed by atoms with Gasteiger partial charge in [0.1, 0.15) is 10.6 Å². The largest absolute Gasteiger partial charge is 0.495 e. The fraction of sp³-hybridized carbons (Fsp3) is 0.130. The SMILES string of the molecule is COc1ccc(C(=O)Nc2cc(NC(C)=O)ccc2Cl)cc1S(=O)(=O)Nc1ccc(C)cc1. The Kier molecular flexibility index (Phi) is 7.25. The van der Waals surface area contributed by atoms with Crippen molar-refractivity contribution in [1.29, 1.82) is 0 Å². The average Bonchev–Trinajstić information content (AvgIpc) is 2.76. The van der Waals surface area contributed by atoms with Gasteiger partial charge in [-0.05, 0) is 55.5 Å². The van der Waals surface area contributed by atoms with E-state index >= 15 is 0 Å². The molecule has 3 rings (SSSR count). The first-order valence-electron chi connectivity index (χ1n) is 9.75. The molecule has 0 heterocycles. The van der Waals surface area contributed by atoms with Gasteiger partial charge in [0.25, 0.3) is 15.9 Å². The summed E-state index contributed by atoms with van der Waals surface area (Å²) in [6.07, 6.45) is 0. The summed E-state index contributed by atoms with van der Waals surface area (Å²) in [6.45, 7) is 3.25. The molecule has 33 heavy (non-hydrogen) atoms. The van der Waals surface area contributed by atoms with Crippen LogP contribution in [-0.4, -0.2) is 27.3 Å². The molecular weight excluding hydrogens is 466 g/mol. The van der Waals surface area contributed by atoms with Crippen molar-refractivity contribution in [1.82, 2.24) is 0 Å². The molecule has 0 bridgehead atoms. The quantitative estimate of drug-likeness (QED) is 0.448. The molecule has 0 aliphatic heterocycles. The van der Waals surface area contributed by atoms with Crippen LogP contribution in [0.1, 0.15) is 22.8 Å². The van der Waals surface area contributed by atoms with Crippen LogP contribution in [0.5, 0.6) is 5.75 Å². The van der Waals surface area contributed by atoms with Crippen LogP contribution in [0.2, 0.25) is 5.02 Å². The first-order valence-corrected chi connectivity index (χ1v) is 11.6. The van der Waals surface area contributed by atoms with E-state index in [1.54, 1.807) is 30.3 Å². The van der Waals surface area contributed by atoms with Gasteiger partial charge >= 0.3 is 0 Å². The Balaban J connectivity index is 1.91. The number of carbonyl (C=O) groups excluding carboxylic acids is 2. The number of aryl methyl sites for hydroxylation is 1. The Labute approximate surface area is 197 Å². The third-order valence-electron chi connectivity index (χ3n) is 4.55. The Hall–Kier alpha value is -3.56. The molecule has 10 heteroatoms. The number of benzene rings is 3. The highest BCUT2D eigenvalue weighted by Gasteiger charge is 2.22. The van der Waals surface area contributed by atoms with Gasteiger partial charge in [-0.3, -0.25) is 14.3 Å². The van der Waals surface area contributed by atoms with Crippen molar-refractivity contribution in [3.05, 3.63) is 76.8 Å². The van der Waals surface area contributed by atoms with Gasteiger partial charge in [-0.2, -0.15) is 0 Å². The predicted octanol–water partition coefficient (Wildman–Crippen LogP) is 4.67. The first-order chi connectivity index (χ1) is 15.6. The highest BCUT2D eigenvalue weighted by molar-refractivity contribution is 7.92. The Bertz CT molecular complexity index is 1310. The van der Waals surface area contributed by atoms with Gasteiger partial charge in [-0.25, -0.2) is 8.42 Å². The van der Waals surface area contributed by atoms with Gasteiger partial charge in [0.2, 0.25) is 5.91 Å². The number of hydrogen-bond donors (Lipinski definition) is 3. The van der Waals surface area contributed by atoms with Gasteiger partial charge in [0, 0.05) is 23.9 Å². The van der Waals surface area contributed by atoms with E-state index in [0.717, 1.165) is 5.56 Å². The van der Waals surface area contributed by atoms with Crippen molar-refractivity contribution in [3.8, 4) is 5.75 Å². The summed E-state index contributed by atoms with van der Waals surface area (Å²) in [7, 11) is -2.71. The lowest BCUT2D eigenvalue weighted by atomic mass is 10.2. The summed E-state index contributed by atoms with van der Waals surface area (Å²) in [6, 6.07) is 15.5. The van der Waals surface area contributed by atoms with Crippen molar-refractivity contribution in [2.75, 3.05) is 22.5 Å². The third kappa shape index (κ3) is 6.03. The number of rotatable bonds is 7. The number of hydrogen-bond acceptors (Lipinski definition) is 5. The lowest BCUT2D eigenvalue weighted by Crippen LogP contribution is -2.17. The van der Waals surface area contributed by atoms with E-state index in [2.05, 4.69) is 15.4 Å². The fourth-order valence-electron chi connectivity index (χ4n) is 2.96. The normalized spacial score (nSPS) is 10.9. The van der Waals surface area contributed by atoms with E-state index in [0.29, 0.717) is 11.4 Å². The third-order valence-corrected chi connectivity index (χ3v) is 6.29. The molecule has 0 saturated carbocycles. The predicted molar refractivity (Wildman–Crippen MR) is 129 cm³/mol. The number of ether oxygens (including phenoxy) is 1. The molecule has 3 aromatic rings. The van der Waals surface area contributed by atoms with Crippen molar-refractivity contribution >= 4 is 50.5 Å². The average molecular weight is 488 g/mol. The zero-order valence-electron chi connectivity index (χ0n) is 18.1. The lowest BCUT2D eigenvalue weighted by molar-refractivity contribution is -0.114. The highest BCUT2D eigenvalue weighted by atomic mass is 35.5. The molecule has 0 unspecified atom stereocenters. The van der Waals surface area contributed by atoms with Crippen LogP contribution in [-0.2, 0) is 14.8 Å². The van der Waals surface area contributed by atoms with E-state index in [1.807, 2.05) is 6.92 Å². The second kappa shape index (κ2) is 9.93. The minimum atomic E-state index is -4.05. The zero-order valence-corrected chi connectivity index (χ0v) is 19.7. The van der Waals surface area contributed by atoms with Crippen LogP contribution in [0.4, 0.5) is 17.1 Å². The summed E-state index contributed by atoms with van der Waals surface area (Å²) in [5.41, 5.74) is 2.13. The Morgan fingerprint density at radius 3 is 2.21 bits per heavy atom. The fourth-order valence-corrected chi connectivity index (χ4v) is 4.38. The van der Waals surface area contributed by atoms with Crippen LogP contribution in [0, 0.1) is 6.92 Å². The topological polar surface area (TPSA) is 114 Å². The molecule has 0 aliphatic carbocycles. The van der Waals surface area contributed by atoms with Crippen LogP contribution < -0.4 is 20.1 Å². The Morgan fingerprint density at radius 1 is 0.909 bits per heavy atom. The minimum absolute atomic E-state index is 0.0704. The number of sulfonamides is 1. The van der Waals surface area contributed by atoms with E-state index in [9.17, 15) is 18.0 Å². The molecule has 2 amide bonds. The summed E-state index contributed by atoms with van der Waals surface area (Å²) in [4.78, 5) is 23.9. The summed E-state index contributed by atoms with van der Waals surface area (Å²) < 4.78 is 33.7. The molecular formula is C23H22ClN3O5S. The van der Waals surface area contributed by atoms with Crippen molar-refractivity contribution in [2.24, 2.45) is 0 Å². The number of halogens is 1. The zero-order chi connectivity index (χ0) is 24.2. The Morgan fingerprint density at radius 2 is 1.58 bits per heavy atom. The van der Waals surface area contributed by atoms with Crippen LogP contribution in [0.3, 0.4) is 0 Å².